The first-order chi connectivity index (χ1) is 16.3. The molecule has 0 aliphatic carbocycles. The van der Waals surface area contributed by atoms with E-state index in [9.17, 15) is 23.2 Å². The van der Waals surface area contributed by atoms with E-state index in [4.69, 9.17) is 4.74 Å². The second-order valence-corrected chi connectivity index (χ2v) is 8.05. The number of ether oxygens (including phenoxy) is 2. The van der Waals surface area contributed by atoms with Crippen LogP contribution in [-0.4, -0.2) is 40.8 Å². The van der Waals surface area contributed by atoms with E-state index in [1.54, 1.807) is 10.7 Å². The van der Waals surface area contributed by atoms with Crippen molar-refractivity contribution in [1.29, 1.82) is 0 Å². The van der Waals surface area contributed by atoms with E-state index in [0.717, 1.165) is 21.6 Å². The van der Waals surface area contributed by atoms with Gasteiger partial charge in [-0.05, 0) is 49.4 Å². The van der Waals surface area contributed by atoms with Gasteiger partial charge in [0.25, 0.3) is 11.8 Å². The number of thiophene rings is 1. The first-order valence-corrected chi connectivity index (χ1v) is 10.7. The standard InChI is InChI=1S/C23H17F2N3O5S/c1-13-17-11-18(34-21(17)28(27-13)15-5-3-2-4-6-15)22(31)32-12-19(29)26-20(30)14-7-9-16(10-8-14)33-23(24)25/h2-11,23H,12H2,1H3,(H,26,29,30). The van der Waals surface area contributed by atoms with E-state index in [2.05, 4.69) is 15.2 Å². The minimum Gasteiger partial charge on any atom is -0.451 e. The molecular weight excluding hydrogens is 468 g/mol. The molecule has 0 atom stereocenters. The molecule has 2 amide bonds. The minimum atomic E-state index is -2.99. The summed E-state index contributed by atoms with van der Waals surface area (Å²) in [7, 11) is 0. The van der Waals surface area contributed by atoms with E-state index < -0.39 is 31.0 Å². The zero-order valence-electron chi connectivity index (χ0n) is 17.7. The Balaban J connectivity index is 1.37. The largest absolute Gasteiger partial charge is 0.451 e. The molecule has 0 fully saturated rings. The number of aromatic nitrogens is 2. The first-order valence-electron chi connectivity index (χ1n) is 9.92. The van der Waals surface area contributed by atoms with Crippen LogP contribution in [0.2, 0.25) is 0 Å². The molecule has 4 rings (SSSR count). The van der Waals surface area contributed by atoms with Crippen molar-refractivity contribution < 1.29 is 32.6 Å². The van der Waals surface area contributed by atoms with Crippen LogP contribution in [0.4, 0.5) is 8.78 Å². The first kappa shape index (κ1) is 23.1. The Bertz CT molecular complexity index is 1350. The van der Waals surface area contributed by atoms with E-state index in [1.807, 2.05) is 37.3 Å². The second-order valence-electron chi connectivity index (χ2n) is 7.02. The summed E-state index contributed by atoms with van der Waals surface area (Å²) in [6, 6.07) is 15.9. The predicted molar refractivity (Wildman–Crippen MR) is 120 cm³/mol. The van der Waals surface area contributed by atoms with Crippen LogP contribution in [0.5, 0.6) is 5.75 Å². The third kappa shape index (κ3) is 5.09. The molecule has 1 N–H and O–H groups in total. The van der Waals surface area contributed by atoms with Crippen molar-refractivity contribution in [2.24, 2.45) is 0 Å². The van der Waals surface area contributed by atoms with Crippen molar-refractivity contribution >= 4 is 39.3 Å². The average molecular weight is 485 g/mol. The monoisotopic (exact) mass is 485 g/mol. The molecular formula is C23H17F2N3O5S. The molecule has 0 saturated carbocycles. The van der Waals surface area contributed by atoms with Crippen molar-refractivity contribution in [3.05, 3.63) is 76.8 Å². The summed E-state index contributed by atoms with van der Waals surface area (Å²) >= 11 is 1.18. The molecule has 11 heteroatoms. The molecule has 0 aliphatic rings. The fourth-order valence-corrected chi connectivity index (χ4v) is 4.19. The van der Waals surface area contributed by atoms with Gasteiger partial charge in [0, 0.05) is 10.9 Å². The maximum Gasteiger partial charge on any atom is 0.387 e. The maximum absolute atomic E-state index is 12.5. The highest BCUT2D eigenvalue weighted by Crippen LogP contribution is 2.30. The van der Waals surface area contributed by atoms with Crippen LogP contribution >= 0.6 is 11.3 Å². The lowest BCUT2D eigenvalue weighted by molar-refractivity contribution is -0.123. The van der Waals surface area contributed by atoms with Gasteiger partial charge in [0.05, 0.1) is 11.4 Å². The van der Waals surface area contributed by atoms with Gasteiger partial charge in [0.1, 0.15) is 15.5 Å². The number of imide groups is 1. The van der Waals surface area contributed by atoms with Crippen molar-refractivity contribution in [2.75, 3.05) is 6.61 Å². The summed E-state index contributed by atoms with van der Waals surface area (Å²) in [5, 5.41) is 7.37. The number of fused-ring (bicyclic) bond motifs is 1. The maximum atomic E-state index is 12.5. The molecule has 0 aliphatic heterocycles. The molecule has 2 aromatic carbocycles. The van der Waals surface area contributed by atoms with Crippen LogP contribution in [0.1, 0.15) is 25.7 Å². The van der Waals surface area contributed by atoms with Gasteiger partial charge in [-0.1, -0.05) is 18.2 Å². The number of carbonyl (C=O) groups is 3. The third-order valence-corrected chi connectivity index (χ3v) is 5.77. The van der Waals surface area contributed by atoms with Gasteiger partial charge in [-0.2, -0.15) is 13.9 Å². The van der Waals surface area contributed by atoms with Gasteiger partial charge in [0.15, 0.2) is 6.61 Å². The number of amides is 2. The molecule has 0 unspecified atom stereocenters. The summed E-state index contributed by atoms with van der Waals surface area (Å²) in [5.74, 6) is -2.44. The quantitative estimate of drug-likeness (QED) is 0.396. The SMILES string of the molecule is Cc1nn(-c2ccccc2)c2sc(C(=O)OCC(=O)NC(=O)c3ccc(OC(F)F)cc3)cc12. The van der Waals surface area contributed by atoms with E-state index in [0.29, 0.717) is 0 Å². The number of nitrogens with one attached hydrogen (secondary N) is 1. The van der Waals surface area contributed by atoms with Crippen molar-refractivity contribution in [3.63, 3.8) is 0 Å². The Morgan fingerprint density at radius 2 is 1.79 bits per heavy atom. The molecule has 8 nitrogen and oxygen atoms in total. The van der Waals surface area contributed by atoms with Gasteiger partial charge in [0.2, 0.25) is 0 Å². The predicted octanol–water partition coefficient (Wildman–Crippen LogP) is 4.11. The number of para-hydroxylation sites is 1. The molecule has 34 heavy (non-hydrogen) atoms. The average Bonchev–Trinajstić information content (AvgIpc) is 3.39. The molecule has 4 aromatic rings. The smallest absolute Gasteiger partial charge is 0.387 e. The molecule has 174 valence electrons. The Kier molecular flexibility index (Phi) is 6.64. The number of carbonyl (C=O) groups excluding carboxylic acids is 3. The number of nitrogens with zero attached hydrogens (tertiary/aromatic N) is 2. The van der Waals surface area contributed by atoms with Crippen LogP contribution in [0.15, 0.2) is 60.7 Å². The highest BCUT2D eigenvalue weighted by Gasteiger charge is 2.19. The van der Waals surface area contributed by atoms with E-state index >= 15 is 0 Å². The fraction of sp³-hybridized carbons (Fsp3) is 0.130. The highest BCUT2D eigenvalue weighted by molar-refractivity contribution is 7.20. The molecule has 0 spiro atoms. The zero-order valence-corrected chi connectivity index (χ0v) is 18.5. The number of halogens is 2. The van der Waals surface area contributed by atoms with Crippen LogP contribution in [-0.2, 0) is 9.53 Å². The van der Waals surface area contributed by atoms with Gasteiger partial charge < -0.3 is 9.47 Å². The summed E-state index contributed by atoms with van der Waals surface area (Å²) < 4.78 is 35.4. The Morgan fingerprint density at radius 1 is 1.09 bits per heavy atom. The van der Waals surface area contributed by atoms with Gasteiger partial charge >= 0.3 is 12.6 Å². The zero-order chi connectivity index (χ0) is 24.2. The number of rotatable bonds is 7. The summed E-state index contributed by atoms with van der Waals surface area (Å²) in [5.41, 5.74) is 1.63. The third-order valence-electron chi connectivity index (χ3n) is 4.68. The number of esters is 1. The van der Waals surface area contributed by atoms with Crippen LogP contribution in [0.25, 0.3) is 15.9 Å². The van der Waals surface area contributed by atoms with Crippen molar-refractivity contribution in [3.8, 4) is 11.4 Å². The Morgan fingerprint density at radius 3 is 2.47 bits per heavy atom. The lowest BCUT2D eigenvalue weighted by Crippen LogP contribution is -2.34. The van der Waals surface area contributed by atoms with E-state index in [-0.39, 0.29) is 16.2 Å². The molecule has 0 bridgehead atoms. The van der Waals surface area contributed by atoms with Crippen LogP contribution in [0, 0.1) is 6.92 Å². The Hall–Kier alpha value is -4.12. The number of hydrogen-bond acceptors (Lipinski definition) is 7. The number of hydrogen-bond donors (Lipinski definition) is 1. The number of alkyl halides is 2. The highest BCUT2D eigenvalue weighted by atomic mass is 32.1. The van der Waals surface area contributed by atoms with Gasteiger partial charge in [-0.25, -0.2) is 9.48 Å². The van der Waals surface area contributed by atoms with Crippen LogP contribution in [0.3, 0.4) is 0 Å². The summed E-state index contributed by atoms with van der Waals surface area (Å²) in [6.45, 7) is -1.83. The number of benzene rings is 2. The Labute approximate surface area is 195 Å². The van der Waals surface area contributed by atoms with Crippen molar-refractivity contribution in [2.45, 2.75) is 13.5 Å². The molecule has 0 radical (unpaired) electrons. The second kappa shape index (κ2) is 9.79. The van der Waals surface area contributed by atoms with E-state index in [1.165, 1.54) is 35.6 Å². The summed E-state index contributed by atoms with van der Waals surface area (Å²) in [4.78, 5) is 37.7. The fourth-order valence-electron chi connectivity index (χ4n) is 3.12. The van der Waals surface area contributed by atoms with Gasteiger partial charge in [-0.3, -0.25) is 14.9 Å². The topological polar surface area (TPSA) is 99.5 Å². The molecule has 0 saturated heterocycles. The minimum absolute atomic E-state index is 0.0479. The lowest BCUT2D eigenvalue weighted by atomic mass is 10.2. The molecule has 2 heterocycles. The normalized spacial score (nSPS) is 10.9. The van der Waals surface area contributed by atoms with Crippen molar-refractivity contribution in [1.82, 2.24) is 15.1 Å². The lowest BCUT2D eigenvalue weighted by Gasteiger charge is -2.07. The van der Waals surface area contributed by atoms with Gasteiger partial charge in [-0.15, -0.1) is 11.3 Å². The number of aryl methyl sites for hydroxylation is 1. The molecule has 2 aromatic heterocycles. The summed E-state index contributed by atoms with van der Waals surface area (Å²) in [6.07, 6.45) is 0. The van der Waals surface area contributed by atoms with Crippen LogP contribution < -0.4 is 10.1 Å².